The first-order valence-corrected chi connectivity index (χ1v) is 6.25. The lowest BCUT2D eigenvalue weighted by Crippen LogP contribution is -2.05. The molecule has 1 rings (SSSR count). The summed E-state index contributed by atoms with van der Waals surface area (Å²) in [5.74, 6) is 0. The average Bonchev–Trinajstić information content (AvgIpc) is 2.02. The number of nitrogens with two attached hydrogens (primary N) is 1. The Morgan fingerprint density at radius 1 is 1.21 bits per heavy atom. The Bertz CT molecular complexity index is 449. The minimum Gasteiger partial charge on any atom is -0.326 e. The van der Waals surface area contributed by atoms with Gasteiger partial charge in [-0.15, -0.1) is 0 Å². The fraction of sp³-hybridized carbons (Fsp3) is 0.400. The van der Waals surface area contributed by atoms with E-state index in [1.807, 2.05) is 13.0 Å². The Kier molecular flexibility index (Phi) is 2.97. The van der Waals surface area contributed by atoms with Crippen LogP contribution in [0.5, 0.6) is 0 Å². The molecule has 0 atom stereocenters. The Hall–Kier alpha value is -0.870. The standard InChI is InChI=1S/C10H15NO2S/c1-7-4-8(2)10(14(3,12)13)5-9(7)6-11/h4-5H,6,11H2,1-3H3. The third kappa shape index (κ3) is 2.13. The number of rotatable bonds is 2. The minimum atomic E-state index is -3.14. The fourth-order valence-corrected chi connectivity index (χ4v) is 2.49. The second-order valence-corrected chi connectivity index (χ2v) is 5.50. The van der Waals surface area contributed by atoms with Gasteiger partial charge in [0.2, 0.25) is 0 Å². The lowest BCUT2D eigenvalue weighted by atomic mass is 10.1. The molecule has 0 heterocycles. The van der Waals surface area contributed by atoms with E-state index in [-0.39, 0.29) is 0 Å². The number of sulfone groups is 1. The zero-order valence-electron chi connectivity index (χ0n) is 8.66. The summed E-state index contributed by atoms with van der Waals surface area (Å²) in [4.78, 5) is 0.378. The van der Waals surface area contributed by atoms with Crippen molar-refractivity contribution in [3.8, 4) is 0 Å². The SMILES string of the molecule is Cc1cc(C)c(S(C)(=O)=O)cc1CN. The summed E-state index contributed by atoms with van der Waals surface area (Å²) in [5.41, 5.74) is 8.22. The van der Waals surface area contributed by atoms with E-state index in [4.69, 9.17) is 5.73 Å². The zero-order chi connectivity index (χ0) is 10.9. The molecule has 2 N–H and O–H groups in total. The number of aryl methyl sites for hydroxylation is 2. The Morgan fingerprint density at radius 3 is 2.21 bits per heavy atom. The fourth-order valence-electron chi connectivity index (χ4n) is 1.49. The summed E-state index contributed by atoms with van der Waals surface area (Å²) in [6.07, 6.45) is 1.21. The summed E-state index contributed by atoms with van der Waals surface area (Å²) >= 11 is 0. The van der Waals surface area contributed by atoms with Crippen molar-refractivity contribution in [1.82, 2.24) is 0 Å². The second kappa shape index (κ2) is 3.71. The van der Waals surface area contributed by atoms with E-state index in [2.05, 4.69) is 0 Å². The maximum atomic E-state index is 11.4. The lowest BCUT2D eigenvalue weighted by Gasteiger charge is -2.09. The summed E-state index contributed by atoms with van der Waals surface area (Å²) in [7, 11) is -3.14. The molecular formula is C10H15NO2S. The Labute approximate surface area is 84.9 Å². The average molecular weight is 213 g/mol. The van der Waals surface area contributed by atoms with Crippen LogP contribution in [0, 0.1) is 13.8 Å². The van der Waals surface area contributed by atoms with Gasteiger partial charge in [0, 0.05) is 12.8 Å². The molecule has 4 heteroatoms. The molecule has 14 heavy (non-hydrogen) atoms. The Morgan fingerprint density at radius 2 is 1.79 bits per heavy atom. The molecule has 0 radical (unpaired) electrons. The topological polar surface area (TPSA) is 60.2 Å². The van der Waals surface area contributed by atoms with Gasteiger partial charge in [-0.2, -0.15) is 0 Å². The molecule has 1 aromatic carbocycles. The van der Waals surface area contributed by atoms with Gasteiger partial charge in [-0.1, -0.05) is 6.07 Å². The highest BCUT2D eigenvalue weighted by molar-refractivity contribution is 7.90. The molecule has 0 bridgehead atoms. The molecule has 0 aromatic heterocycles. The van der Waals surface area contributed by atoms with E-state index >= 15 is 0 Å². The smallest absolute Gasteiger partial charge is 0.175 e. The van der Waals surface area contributed by atoms with Crippen molar-refractivity contribution in [2.45, 2.75) is 25.3 Å². The quantitative estimate of drug-likeness (QED) is 0.802. The highest BCUT2D eigenvalue weighted by Crippen LogP contribution is 2.19. The van der Waals surface area contributed by atoms with Gasteiger partial charge in [0.15, 0.2) is 9.84 Å². The highest BCUT2D eigenvalue weighted by Gasteiger charge is 2.12. The third-order valence-electron chi connectivity index (χ3n) is 2.25. The lowest BCUT2D eigenvalue weighted by molar-refractivity contribution is 0.601. The van der Waals surface area contributed by atoms with Gasteiger partial charge in [-0.05, 0) is 36.6 Å². The van der Waals surface area contributed by atoms with Crippen molar-refractivity contribution in [1.29, 1.82) is 0 Å². The molecular weight excluding hydrogens is 198 g/mol. The number of hydrogen-bond acceptors (Lipinski definition) is 3. The summed E-state index contributed by atoms with van der Waals surface area (Å²) < 4.78 is 22.8. The van der Waals surface area contributed by atoms with Gasteiger partial charge in [0.25, 0.3) is 0 Å². The first-order valence-electron chi connectivity index (χ1n) is 4.36. The molecule has 0 aliphatic heterocycles. The van der Waals surface area contributed by atoms with Gasteiger partial charge >= 0.3 is 0 Å². The molecule has 0 spiro atoms. The summed E-state index contributed by atoms with van der Waals surface area (Å²) in [5, 5.41) is 0. The van der Waals surface area contributed by atoms with Crippen LogP contribution in [-0.2, 0) is 16.4 Å². The normalized spacial score (nSPS) is 11.7. The molecule has 0 amide bonds. The van der Waals surface area contributed by atoms with Crippen LogP contribution in [0.1, 0.15) is 16.7 Å². The minimum absolute atomic E-state index is 0.370. The van der Waals surface area contributed by atoms with Crippen LogP contribution in [0.3, 0.4) is 0 Å². The molecule has 0 saturated carbocycles. The van der Waals surface area contributed by atoms with Crippen LogP contribution in [0.25, 0.3) is 0 Å². The molecule has 0 aliphatic rings. The van der Waals surface area contributed by atoms with E-state index in [0.717, 1.165) is 16.7 Å². The van der Waals surface area contributed by atoms with E-state index in [0.29, 0.717) is 11.4 Å². The van der Waals surface area contributed by atoms with Crippen molar-refractivity contribution in [2.24, 2.45) is 5.73 Å². The summed E-state index contributed by atoms with van der Waals surface area (Å²) in [6, 6.07) is 3.53. The molecule has 0 fully saturated rings. The van der Waals surface area contributed by atoms with Gasteiger partial charge in [-0.25, -0.2) is 8.42 Å². The largest absolute Gasteiger partial charge is 0.326 e. The van der Waals surface area contributed by atoms with E-state index in [9.17, 15) is 8.42 Å². The van der Waals surface area contributed by atoms with Crippen molar-refractivity contribution in [2.75, 3.05) is 6.26 Å². The first-order chi connectivity index (χ1) is 6.36. The van der Waals surface area contributed by atoms with Gasteiger partial charge in [0.05, 0.1) is 4.90 Å². The zero-order valence-corrected chi connectivity index (χ0v) is 9.48. The monoisotopic (exact) mass is 213 g/mol. The van der Waals surface area contributed by atoms with Crippen LogP contribution in [0.4, 0.5) is 0 Å². The van der Waals surface area contributed by atoms with Crippen LogP contribution in [-0.4, -0.2) is 14.7 Å². The predicted octanol–water partition coefficient (Wildman–Crippen LogP) is 1.17. The van der Waals surface area contributed by atoms with Gasteiger partial charge < -0.3 is 5.73 Å². The van der Waals surface area contributed by atoms with Crippen molar-refractivity contribution >= 4 is 9.84 Å². The van der Waals surface area contributed by atoms with Crippen molar-refractivity contribution in [3.05, 3.63) is 28.8 Å². The second-order valence-electron chi connectivity index (χ2n) is 3.52. The number of benzene rings is 1. The van der Waals surface area contributed by atoms with Crippen LogP contribution >= 0.6 is 0 Å². The Balaban J connectivity index is 3.47. The molecule has 0 aliphatic carbocycles. The third-order valence-corrected chi connectivity index (χ3v) is 3.49. The molecule has 1 aromatic rings. The van der Waals surface area contributed by atoms with E-state index in [1.165, 1.54) is 6.26 Å². The predicted molar refractivity (Wildman–Crippen MR) is 56.9 cm³/mol. The maximum Gasteiger partial charge on any atom is 0.175 e. The van der Waals surface area contributed by atoms with Crippen molar-refractivity contribution < 1.29 is 8.42 Å². The van der Waals surface area contributed by atoms with Crippen LogP contribution in [0.15, 0.2) is 17.0 Å². The number of hydrogen-bond donors (Lipinski definition) is 1. The first kappa shape index (κ1) is 11.2. The summed E-state index contributed by atoms with van der Waals surface area (Å²) in [6.45, 7) is 4.10. The maximum absolute atomic E-state index is 11.4. The van der Waals surface area contributed by atoms with Crippen LogP contribution in [0.2, 0.25) is 0 Å². The van der Waals surface area contributed by atoms with Gasteiger partial charge in [0.1, 0.15) is 0 Å². The van der Waals surface area contributed by atoms with Crippen LogP contribution < -0.4 is 5.73 Å². The highest BCUT2D eigenvalue weighted by atomic mass is 32.2. The van der Waals surface area contributed by atoms with Crippen molar-refractivity contribution in [3.63, 3.8) is 0 Å². The van der Waals surface area contributed by atoms with Gasteiger partial charge in [-0.3, -0.25) is 0 Å². The molecule has 0 saturated heterocycles. The van der Waals surface area contributed by atoms with E-state index in [1.54, 1.807) is 13.0 Å². The molecule has 0 unspecified atom stereocenters. The molecule has 3 nitrogen and oxygen atoms in total. The molecule has 78 valence electrons. The van der Waals surface area contributed by atoms with E-state index < -0.39 is 9.84 Å².